The SMILES string of the molecule is c1ccc(-c2cccc(-c3ccccc3-n3c4ccccc4c4ccc5c6ccccc6sc5c43)c2-n2c3ccccc3c3ccccc32)cc1. The zero-order chi connectivity index (χ0) is 33.5. The zero-order valence-corrected chi connectivity index (χ0v) is 28.4. The third kappa shape index (κ3) is 4.10. The van der Waals surface area contributed by atoms with Crippen LogP contribution >= 0.6 is 11.3 Å². The topological polar surface area (TPSA) is 9.86 Å². The van der Waals surface area contributed by atoms with E-state index in [1.165, 1.54) is 97.4 Å². The van der Waals surface area contributed by atoms with Crippen molar-refractivity contribution in [3.05, 3.63) is 182 Å². The lowest BCUT2D eigenvalue weighted by molar-refractivity contribution is 1.16. The second-order valence-corrected chi connectivity index (χ2v) is 14.3. The number of nitrogens with zero attached hydrogens (tertiary/aromatic N) is 2. The van der Waals surface area contributed by atoms with E-state index in [-0.39, 0.29) is 0 Å². The smallest absolute Gasteiger partial charge is 0.0720 e. The van der Waals surface area contributed by atoms with E-state index in [1.54, 1.807) is 0 Å². The highest BCUT2D eigenvalue weighted by molar-refractivity contribution is 7.26. The number of fused-ring (bicyclic) bond motifs is 10. The molecule has 11 rings (SSSR count). The Hall–Kier alpha value is -6.42. The molecule has 0 spiro atoms. The molecule has 0 bridgehead atoms. The minimum absolute atomic E-state index is 1.17. The summed E-state index contributed by atoms with van der Waals surface area (Å²) in [6, 6.07) is 66.6. The van der Waals surface area contributed by atoms with Crippen molar-refractivity contribution >= 4 is 75.1 Å². The van der Waals surface area contributed by atoms with E-state index in [9.17, 15) is 0 Å². The van der Waals surface area contributed by atoms with Gasteiger partial charge in [-0.3, -0.25) is 0 Å². The predicted octanol–water partition coefficient (Wildman–Crippen LogP) is 13.6. The van der Waals surface area contributed by atoms with Gasteiger partial charge in [0.25, 0.3) is 0 Å². The fourth-order valence-corrected chi connectivity index (χ4v) is 9.63. The Balaban J connectivity index is 1.30. The van der Waals surface area contributed by atoms with Gasteiger partial charge in [0, 0.05) is 53.7 Å². The molecular formula is C48H30N2S. The summed E-state index contributed by atoms with van der Waals surface area (Å²) in [5, 5.41) is 7.67. The molecule has 2 nitrogen and oxygen atoms in total. The van der Waals surface area contributed by atoms with Crippen molar-refractivity contribution in [2.75, 3.05) is 0 Å². The number of thiophene rings is 1. The van der Waals surface area contributed by atoms with Crippen molar-refractivity contribution in [1.29, 1.82) is 0 Å². The predicted molar refractivity (Wildman–Crippen MR) is 219 cm³/mol. The summed E-state index contributed by atoms with van der Waals surface area (Å²) < 4.78 is 7.66. The number of aromatic nitrogens is 2. The molecule has 0 unspecified atom stereocenters. The lowest BCUT2D eigenvalue weighted by Gasteiger charge is -2.21. The molecule has 238 valence electrons. The third-order valence-corrected chi connectivity index (χ3v) is 11.7. The van der Waals surface area contributed by atoms with Crippen LogP contribution in [-0.4, -0.2) is 9.13 Å². The number of benzene rings is 8. The molecule has 8 aromatic carbocycles. The van der Waals surface area contributed by atoms with Crippen LogP contribution in [0.2, 0.25) is 0 Å². The van der Waals surface area contributed by atoms with Gasteiger partial charge in [-0.1, -0.05) is 152 Å². The van der Waals surface area contributed by atoms with Gasteiger partial charge < -0.3 is 9.13 Å². The first-order chi connectivity index (χ1) is 25.3. The minimum Gasteiger partial charge on any atom is -0.308 e. The molecule has 51 heavy (non-hydrogen) atoms. The van der Waals surface area contributed by atoms with E-state index < -0.39 is 0 Å². The molecular weight excluding hydrogens is 637 g/mol. The summed E-state index contributed by atoms with van der Waals surface area (Å²) in [5.74, 6) is 0. The van der Waals surface area contributed by atoms with Crippen LogP contribution in [0.15, 0.2) is 182 Å². The van der Waals surface area contributed by atoms with Crippen molar-refractivity contribution in [3.8, 4) is 33.6 Å². The number of rotatable bonds is 4. The molecule has 0 amide bonds. The van der Waals surface area contributed by atoms with Gasteiger partial charge in [-0.2, -0.15) is 0 Å². The normalized spacial score (nSPS) is 11.9. The fourth-order valence-electron chi connectivity index (χ4n) is 8.39. The van der Waals surface area contributed by atoms with Crippen LogP contribution in [0.3, 0.4) is 0 Å². The van der Waals surface area contributed by atoms with Crippen LogP contribution in [0.25, 0.3) is 97.4 Å². The van der Waals surface area contributed by atoms with Gasteiger partial charge in [-0.25, -0.2) is 0 Å². The first kappa shape index (κ1) is 28.4. The highest BCUT2D eigenvalue weighted by Gasteiger charge is 2.23. The Labute approximate surface area is 298 Å². The lowest BCUT2D eigenvalue weighted by Crippen LogP contribution is -2.03. The van der Waals surface area contributed by atoms with Gasteiger partial charge in [0.2, 0.25) is 0 Å². The minimum atomic E-state index is 1.17. The molecule has 3 heterocycles. The van der Waals surface area contributed by atoms with E-state index in [1.807, 2.05) is 11.3 Å². The lowest BCUT2D eigenvalue weighted by atomic mass is 9.94. The third-order valence-electron chi connectivity index (χ3n) is 10.5. The van der Waals surface area contributed by atoms with Gasteiger partial charge >= 0.3 is 0 Å². The molecule has 0 radical (unpaired) electrons. The number of hydrogen-bond acceptors (Lipinski definition) is 1. The van der Waals surface area contributed by atoms with Crippen molar-refractivity contribution in [2.45, 2.75) is 0 Å². The first-order valence-corrected chi connectivity index (χ1v) is 18.3. The molecule has 0 saturated heterocycles. The van der Waals surface area contributed by atoms with Gasteiger partial charge in [-0.15, -0.1) is 11.3 Å². The van der Waals surface area contributed by atoms with Crippen LogP contribution in [0.4, 0.5) is 0 Å². The average molecular weight is 667 g/mol. The van der Waals surface area contributed by atoms with E-state index in [0.29, 0.717) is 0 Å². The van der Waals surface area contributed by atoms with Crippen LogP contribution in [-0.2, 0) is 0 Å². The van der Waals surface area contributed by atoms with Crippen LogP contribution in [0, 0.1) is 0 Å². The maximum Gasteiger partial charge on any atom is 0.0720 e. The average Bonchev–Trinajstić information content (AvgIpc) is 3.86. The zero-order valence-electron chi connectivity index (χ0n) is 27.6. The van der Waals surface area contributed by atoms with Crippen LogP contribution in [0.5, 0.6) is 0 Å². The van der Waals surface area contributed by atoms with Crippen molar-refractivity contribution in [1.82, 2.24) is 9.13 Å². The Morgan fingerprint density at radius 2 is 0.863 bits per heavy atom. The monoisotopic (exact) mass is 666 g/mol. The summed E-state index contributed by atoms with van der Waals surface area (Å²) in [7, 11) is 0. The van der Waals surface area contributed by atoms with Crippen molar-refractivity contribution < 1.29 is 0 Å². The molecule has 0 fully saturated rings. The van der Waals surface area contributed by atoms with Gasteiger partial charge in [0.1, 0.15) is 0 Å². The fraction of sp³-hybridized carbons (Fsp3) is 0. The second-order valence-electron chi connectivity index (χ2n) is 13.2. The Bertz CT molecular complexity index is 3090. The van der Waals surface area contributed by atoms with Crippen molar-refractivity contribution in [2.24, 2.45) is 0 Å². The number of hydrogen-bond donors (Lipinski definition) is 0. The molecule has 0 N–H and O–H groups in total. The molecule has 0 aliphatic rings. The first-order valence-electron chi connectivity index (χ1n) is 17.5. The van der Waals surface area contributed by atoms with Gasteiger partial charge in [0.15, 0.2) is 0 Å². The van der Waals surface area contributed by atoms with Gasteiger partial charge in [-0.05, 0) is 35.9 Å². The second kappa shape index (κ2) is 11.0. The number of para-hydroxylation sites is 5. The Morgan fingerprint density at radius 3 is 1.61 bits per heavy atom. The van der Waals surface area contributed by atoms with E-state index in [4.69, 9.17) is 0 Å². The molecule has 0 aliphatic carbocycles. The Kier molecular flexibility index (Phi) is 6.16. The largest absolute Gasteiger partial charge is 0.308 e. The molecule has 11 aromatic rings. The summed E-state index contributed by atoms with van der Waals surface area (Å²) in [5.41, 5.74) is 12.0. The molecule has 0 saturated carbocycles. The molecule has 3 aromatic heterocycles. The van der Waals surface area contributed by atoms with Crippen LogP contribution < -0.4 is 0 Å². The summed E-state index contributed by atoms with van der Waals surface area (Å²) >= 11 is 1.90. The maximum absolute atomic E-state index is 2.53. The molecule has 0 atom stereocenters. The molecule has 0 aliphatic heterocycles. The summed E-state index contributed by atoms with van der Waals surface area (Å²) in [6.45, 7) is 0. The van der Waals surface area contributed by atoms with Crippen molar-refractivity contribution in [3.63, 3.8) is 0 Å². The highest BCUT2D eigenvalue weighted by atomic mass is 32.1. The maximum atomic E-state index is 2.53. The highest BCUT2D eigenvalue weighted by Crippen LogP contribution is 2.46. The van der Waals surface area contributed by atoms with E-state index >= 15 is 0 Å². The van der Waals surface area contributed by atoms with Gasteiger partial charge in [0.05, 0.1) is 38.1 Å². The summed E-state index contributed by atoms with van der Waals surface area (Å²) in [6.07, 6.45) is 0. The van der Waals surface area contributed by atoms with Crippen LogP contribution in [0.1, 0.15) is 0 Å². The van der Waals surface area contributed by atoms with E-state index in [2.05, 4.69) is 191 Å². The quantitative estimate of drug-likeness (QED) is 0.177. The summed E-state index contributed by atoms with van der Waals surface area (Å²) in [4.78, 5) is 0. The Morgan fingerprint density at radius 1 is 0.333 bits per heavy atom. The van der Waals surface area contributed by atoms with E-state index in [0.717, 1.165) is 0 Å². The standard InChI is InChI=1S/C48H30N2S/c1-2-15-31(16-3-1)32-22-14-23-38(46(32)49-41-24-9-4-17-33(41)34-18-5-10-25-42(34)49)35-19-6-11-26-43(35)50-44-27-12-7-20-36(44)39-29-30-40-37-21-8-13-28-45(37)51-48(40)47(39)50/h1-30H. The molecule has 3 heteroatoms.